The van der Waals surface area contributed by atoms with Gasteiger partial charge in [0.2, 0.25) is 5.91 Å². The molecule has 3 aromatic rings. The van der Waals surface area contributed by atoms with E-state index in [1.807, 2.05) is 68.4 Å². The van der Waals surface area contributed by atoms with Crippen molar-refractivity contribution in [2.24, 2.45) is 0 Å². The van der Waals surface area contributed by atoms with Crippen LogP contribution < -0.4 is 15.4 Å². The second-order valence-electron chi connectivity index (χ2n) is 6.98. The standard InChI is InChI=1S/C24H26N2O2/c1-17-12-18(2)24(19(3)13-17)25-15-23(27)26-21-10-7-11-22(14-21)28-16-20-8-5-4-6-9-20/h4-14,25H,15-16H2,1-3H3,(H,26,27). The first-order valence-electron chi connectivity index (χ1n) is 9.39. The third-order valence-corrected chi connectivity index (χ3v) is 4.47. The zero-order chi connectivity index (χ0) is 19.9. The Hall–Kier alpha value is -3.27. The fourth-order valence-corrected chi connectivity index (χ4v) is 3.24. The van der Waals surface area contributed by atoms with E-state index in [9.17, 15) is 4.79 Å². The average Bonchev–Trinajstić information content (AvgIpc) is 2.66. The van der Waals surface area contributed by atoms with Crippen molar-refractivity contribution in [1.82, 2.24) is 0 Å². The van der Waals surface area contributed by atoms with Crippen molar-refractivity contribution < 1.29 is 9.53 Å². The van der Waals surface area contributed by atoms with E-state index in [2.05, 4.69) is 29.7 Å². The second-order valence-corrected chi connectivity index (χ2v) is 6.98. The quantitative estimate of drug-likeness (QED) is 0.594. The molecule has 0 aliphatic carbocycles. The highest BCUT2D eigenvalue weighted by Gasteiger charge is 2.07. The molecule has 0 spiro atoms. The molecule has 0 saturated carbocycles. The summed E-state index contributed by atoms with van der Waals surface area (Å²) in [5.41, 5.74) is 6.33. The molecule has 0 aliphatic rings. The van der Waals surface area contributed by atoms with E-state index in [0.29, 0.717) is 6.61 Å². The Labute approximate surface area is 166 Å². The number of anilines is 2. The van der Waals surface area contributed by atoms with Crippen LogP contribution in [0.1, 0.15) is 22.3 Å². The Bertz CT molecular complexity index is 929. The smallest absolute Gasteiger partial charge is 0.243 e. The van der Waals surface area contributed by atoms with Crippen molar-refractivity contribution >= 4 is 17.3 Å². The van der Waals surface area contributed by atoms with Crippen molar-refractivity contribution in [2.75, 3.05) is 17.2 Å². The topological polar surface area (TPSA) is 50.4 Å². The van der Waals surface area contributed by atoms with Crippen molar-refractivity contribution in [2.45, 2.75) is 27.4 Å². The van der Waals surface area contributed by atoms with Gasteiger partial charge in [0.15, 0.2) is 0 Å². The van der Waals surface area contributed by atoms with Gasteiger partial charge in [-0.15, -0.1) is 0 Å². The SMILES string of the molecule is Cc1cc(C)c(NCC(=O)Nc2cccc(OCc3ccccc3)c2)c(C)c1. The molecule has 0 unspecified atom stereocenters. The summed E-state index contributed by atoms with van der Waals surface area (Å²) in [6.07, 6.45) is 0. The van der Waals surface area contributed by atoms with Crippen LogP contribution in [0.2, 0.25) is 0 Å². The van der Waals surface area contributed by atoms with E-state index in [1.54, 1.807) is 0 Å². The number of carbonyl (C=O) groups excluding carboxylic acids is 1. The summed E-state index contributed by atoms with van der Waals surface area (Å²) in [7, 11) is 0. The van der Waals surface area contributed by atoms with Crippen LogP contribution in [0.25, 0.3) is 0 Å². The van der Waals surface area contributed by atoms with Crippen LogP contribution in [0.15, 0.2) is 66.7 Å². The molecule has 1 amide bonds. The Kier molecular flexibility index (Phi) is 6.33. The summed E-state index contributed by atoms with van der Waals surface area (Å²) >= 11 is 0. The van der Waals surface area contributed by atoms with Crippen LogP contribution >= 0.6 is 0 Å². The molecule has 0 atom stereocenters. The molecule has 3 aromatic carbocycles. The van der Waals surface area contributed by atoms with Crippen molar-refractivity contribution in [3.8, 4) is 5.75 Å². The van der Waals surface area contributed by atoms with Gasteiger partial charge in [-0.1, -0.05) is 54.1 Å². The Balaban J connectivity index is 1.56. The van der Waals surface area contributed by atoms with Gasteiger partial charge in [0.1, 0.15) is 12.4 Å². The molecule has 0 aliphatic heterocycles. The van der Waals surface area contributed by atoms with Gasteiger partial charge in [-0.25, -0.2) is 0 Å². The van der Waals surface area contributed by atoms with E-state index in [1.165, 1.54) is 5.56 Å². The maximum atomic E-state index is 12.4. The summed E-state index contributed by atoms with van der Waals surface area (Å²) in [6.45, 7) is 6.87. The lowest BCUT2D eigenvalue weighted by Gasteiger charge is -2.14. The van der Waals surface area contributed by atoms with E-state index < -0.39 is 0 Å². The summed E-state index contributed by atoms with van der Waals surface area (Å²) in [5, 5.41) is 6.17. The summed E-state index contributed by atoms with van der Waals surface area (Å²) < 4.78 is 5.82. The van der Waals surface area contributed by atoms with Gasteiger partial charge in [-0.3, -0.25) is 4.79 Å². The highest BCUT2D eigenvalue weighted by Crippen LogP contribution is 2.22. The number of amides is 1. The molecule has 0 radical (unpaired) electrons. The number of carbonyl (C=O) groups is 1. The molecule has 0 fully saturated rings. The van der Waals surface area contributed by atoms with Crippen LogP contribution in [-0.2, 0) is 11.4 Å². The third-order valence-electron chi connectivity index (χ3n) is 4.47. The maximum Gasteiger partial charge on any atom is 0.243 e. The molecule has 28 heavy (non-hydrogen) atoms. The normalized spacial score (nSPS) is 10.4. The fourth-order valence-electron chi connectivity index (χ4n) is 3.24. The van der Waals surface area contributed by atoms with Crippen molar-refractivity contribution in [1.29, 1.82) is 0 Å². The van der Waals surface area contributed by atoms with Crippen LogP contribution in [-0.4, -0.2) is 12.5 Å². The number of rotatable bonds is 7. The van der Waals surface area contributed by atoms with E-state index in [0.717, 1.165) is 33.8 Å². The minimum absolute atomic E-state index is 0.0976. The maximum absolute atomic E-state index is 12.4. The van der Waals surface area contributed by atoms with Gasteiger partial charge in [0.05, 0.1) is 6.54 Å². The molecule has 0 heterocycles. The minimum atomic E-state index is -0.0976. The van der Waals surface area contributed by atoms with Crippen LogP contribution in [0, 0.1) is 20.8 Å². The first-order valence-corrected chi connectivity index (χ1v) is 9.39. The van der Waals surface area contributed by atoms with Gasteiger partial charge in [-0.05, 0) is 49.6 Å². The largest absolute Gasteiger partial charge is 0.489 e. The average molecular weight is 374 g/mol. The van der Waals surface area contributed by atoms with Crippen LogP contribution in [0.4, 0.5) is 11.4 Å². The predicted molar refractivity (Wildman–Crippen MR) is 115 cm³/mol. The molecule has 2 N–H and O–H groups in total. The molecule has 4 heteroatoms. The number of nitrogens with one attached hydrogen (secondary N) is 2. The van der Waals surface area contributed by atoms with E-state index >= 15 is 0 Å². The molecular weight excluding hydrogens is 348 g/mol. The van der Waals surface area contributed by atoms with Crippen molar-refractivity contribution in [3.63, 3.8) is 0 Å². The molecule has 0 bridgehead atoms. The first kappa shape index (κ1) is 19.5. The molecule has 4 nitrogen and oxygen atoms in total. The molecule has 144 valence electrons. The summed E-state index contributed by atoms with van der Waals surface area (Å²) in [5.74, 6) is 0.624. The number of aryl methyl sites for hydroxylation is 3. The Morgan fingerprint density at radius 3 is 2.32 bits per heavy atom. The van der Waals surface area contributed by atoms with E-state index in [-0.39, 0.29) is 12.5 Å². The Morgan fingerprint density at radius 1 is 0.893 bits per heavy atom. The van der Waals surface area contributed by atoms with Gasteiger partial charge in [0.25, 0.3) is 0 Å². The molecular formula is C24H26N2O2. The summed E-state index contributed by atoms with van der Waals surface area (Å²) in [6, 6.07) is 21.7. The highest BCUT2D eigenvalue weighted by molar-refractivity contribution is 5.94. The zero-order valence-corrected chi connectivity index (χ0v) is 16.6. The minimum Gasteiger partial charge on any atom is -0.489 e. The molecule has 0 saturated heterocycles. The third kappa shape index (κ3) is 5.36. The monoisotopic (exact) mass is 374 g/mol. The van der Waals surface area contributed by atoms with Gasteiger partial charge < -0.3 is 15.4 Å². The fraction of sp³-hybridized carbons (Fsp3) is 0.208. The highest BCUT2D eigenvalue weighted by atomic mass is 16.5. The first-order chi connectivity index (χ1) is 13.5. The lowest BCUT2D eigenvalue weighted by atomic mass is 10.1. The number of hydrogen-bond acceptors (Lipinski definition) is 3. The lowest BCUT2D eigenvalue weighted by molar-refractivity contribution is -0.114. The van der Waals surface area contributed by atoms with Crippen molar-refractivity contribution in [3.05, 3.63) is 89.0 Å². The number of hydrogen-bond donors (Lipinski definition) is 2. The predicted octanol–water partition coefficient (Wildman–Crippen LogP) is 5.24. The summed E-state index contributed by atoms with van der Waals surface area (Å²) in [4.78, 5) is 12.4. The lowest BCUT2D eigenvalue weighted by Crippen LogP contribution is -2.22. The van der Waals surface area contributed by atoms with Crippen LogP contribution in [0.5, 0.6) is 5.75 Å². The number of ether oxygens (including phenoxy) is 1. The van der Waals surface area contributed by atoms with Gasteiger partial charge in [-0.2, -0.15) is 0 Å². The zero-order valence-electron chi connectivity index (χ0n) is 16.6. The van der Waals surface area contributed by atoms with Crippen LogP contribution in [0.3, 0.4) is 0 Å². The van der Waals surface area contributed by atoms with E-state index in [4.69, 9.17) is 4.74 Å². The molecule has 3 rings (SSSR count). The Morgan fingerprint density at radius 2 is 1.61 bits per heavy atom. The number of benzene rings is 3. The van der Waals surface area contributed by atoms with Gasteiger partial charge >= 0.3 is 0 Å². The van der Waals surface area contributed by atoms with Gasteiger partial charge in [0, 0.05) is 17.4 Å². The second kappa shape index (κ2) is 9.09. The molecule has 0 aromatic heterocycles.